The van der Waals surface area contributed by atoms with Crippen LogP contribution in [-0.2, 0) is 20.9 Å². The average Bonchev–Trinajstić information content (AvgIpc) is 2.78. The lowest BCUT2D eigenvalue weighted by molar-refractivity contribution is -0.158. The molecule has 24 heavy (non-hydrogen) atoms. The van der Waals surface area contributed by atoms with Crippen molar-refractivity contribution in [1.29, 1.82) is 0 Å². The van der Waals surface area contributed by atoms with Gasteiger partial charge in [-0.2, -0.15) is 0 Å². The molecule has 4 nitrogen and oxygen atoms in total. The predicted molar refractivity (Wildman–Crippen MR) is 91.1 cm³/mol. The summed E-state index contributed by atoms with van der Waals surface area (Å²) in [6.45, 7) is 5.23. The number of hydrogen-bond acceptors (Lipinski definition) is 3. The van der Waals surface area contributed by atoms with Crippen LogP contribution in [0.15, 0.2) is 30.3 Å². The lowest BCUT2D eigenvalue weighted by Crippen LogP contribution is -2.55. The third-order valence-electron chi connectivity index (χ3n) is 5.60. The fraction of sp³-hybridized carbons (Fsp3) is 0.550. The number of carbonyl (C=O) groups excluding carboxylic acids is 3. The second-order valence-corrected chi connectivity index (χ2v) is 8.01. The van der Waals surface area contributed by atoms with Crippen LogP contribution in [0.25, 0.3) is 0 Å². The summed E-state index contributed by atoms with van der Waals surface area (Å²) in [5.41, 5.74) is -0.0966. The zero-order chi connectivity index (χ0) is 17.4. The van der Waals surface area contributed by atoms with Crippen molar-refractivity contribution in [2.24, 2.45) is 16.7 Å². The molecule has 1 aliphatic heterocycles. The van der Waals surface area contributed by atoms with Gasteiger partial charge in [-0.3, -0.25) is 9.59 Å². The van der Waals surface area contributed by atoms with Crippen LogP contribution in [0.3, 0.4) is 0 Å². The maximum absolute atomic E-state index is 13.3. The third kappa shape index (κ3) is 2.79. The Kier molecular flexibility index (Phi) is 4.33. The van der Waals surface area contributed by atoms with E-state index in [1.165, 1.54) is 0 Å². The number of ketones is 1. The molecule has 1 aromatic rings. The first-order chi connectivity index (χ1) is 11.4. The molecule has 4 heteroatoms. The monoisotopic (exact) mass is 327 g/mol. The van der Waals surface area contributed by atoms with Crippen molar-refractivity contribution in [3.05, 3.63) is 35.9 Å². The molecule has 2 fully saturated rings. The van der Waals surface area contributed by atoms with Gasteiger partial charge in [-0.05, 0) is 29.7 Å². The van der Waals surface area contributed by atoms with E-state index >= 15 is 0 Å². The zero-order valence-corrected chi connectivity index (χ0v) is 14.5. The Balaban J connectivity index is 1.92. The van der Waals surface area contributed by atoms with Gasteiger partial charge in [-0.25, -0.2) is 0 Å². The smallest absolute Gasteiger partial charge is 0.236 e. The molecule has 0 N–H and O–H groups in total. The molecular weight excluding hydrogens is 302 g/mol. The molecule has 1 aromatic carbocycles. The number of likely N-dealkylation sites (tertiary alicyclic amines) is 1. The molecule has 0 bridgehead atoms. The Labute approximate surface area is 143 Å². The predicted octanol–water partition coefficient (Wildman–Crippen LogP) is 3.00. The number of nitrogens with zero attached hydrogens (tertiary/aromatic N) is 1. The second-order valence-electron chi connectivity index (χ2n) is 8.01. The van der Waals surface area contributed by atoms with E-state index in [4.69, 9.17) is 0 Å². The number of carbonyl (C=O) groups is 3. The summed E-state index contributed by atoms with van der Waals surface area (Å²) >= 11 is 0. The quantitative estimate of drug-likeness (QED) is 0.631. The summed E-state index contributed by atoms with van der Waals surface area (Å²) in [7, 11) is 0. The van der Waals surface area contributed by atoms with E-state index < -0.39 is 5.41 Å². The van der Waals surface area contributed by atoms with E-state index in [1.54, 1.807) is 0 Å². The Bertz CT molecular complexity index is 652. The standard InChI is InChI=1S/C20H25NO3/c1-19(2)12-17(23)20(14-19)16(9-11-22)8-10-21(18(20)24)13-15-6-4-3-5-7-15/h3-7,11,16H,8-10,12-14H2,1-2H3/t16-,20-/m1/s1. The van der Waals surface area contributed by atoms with Gasteiger partial charge in [0.05, 0.1) is 0 Å². The van der Waals surface area contributed by atoms with E-state index in [0.717, 1.165) is 18.3 Å². The first-order valence-electron chi connectivity index (χ1n) is 8.69. The summed E-state index contributed by atoms with van der Waals surface area (Å²) in [6, 6.07) is 9.86. The van der Waals surface area contributed by atoms with Gasteiger partial charge in [0, 0.05) is 25.9 Å². The molecular formula is C20H25NO3. The topological polar surface area (TPSA) is 54.5 Å². The first-order valence-corrected chi connectivity index (χ1v) is 8.69. The molecule has 1 spiro atoms. The molecule has 1 saturated carbocycles. The molecule has 0 radical (unpaired) electrons. The van der Waals surface area contributed by atoms with Crippen LogP contribution in [0.5, 0.6) is 0 Å². The summed E-state index contributed by atoms with van der Waals surface area (Å²) in [5, 5.41) is 0. The van der Waals surface area contributed by atoms with Crippen LogP contribution in [-0.4, -0.2) is 29.4 Å². The molecule has 0 unspecified atom stereocenters. The van der Waals surface area contributed by atoms with Gasteiger partial charge < -0.3 is 9.69 Å². The number of rotatable bonds is 4. The molecule has 3 rings (SSSR count). The van der Waals surface area contributed by atoms with Gasteiger partial charge >= 0.3 is 0 Å². The lowest BCUT2D eigenvalue weighted by Gasteiger charge is -2.44. The molecule has 1 saturated heterocycles. The highest BCUT2D eigenvalue weighted by molar-refractivity contribution is 6.08. The van der Waals surface area contributed by atoms with Gasteiger partial charge in [0.1, 0.15) is 17.5 Å². The third-order valence-corrected chi connectivity index (χ3v) is 5.60. The van der Waals surface area contributed by atoms with E-state index in [1.807, 2.05) is 49.1 Å². The highest BCUT2D eigenvalue weighted by atomic mass is 16.2. The fourth-order valence-electron chi connectivity index (χ4n) is 4.58. The van der Waals surface area contributed by atoms with Gasteiger partial charge in [0.2, 0.25) is 5.91 Å². The molecule has 0 aromatic heterocycles. The largest absolute Gasteiger partial charge is 0.337 e. The molecule has 1 heterocycles. The highest BCUT2D eigenvalue weighted by Crippen LogP contribution is 2.54. The van der Waals surface area contributed by atoms with Crippen molar-refractivity contribution in [1.82, 2.24) is 4.90 Å². The number of aldehydes is 1. The minimum absolute atomic E-state index is 0.0297. The maximum Gasteiger partial charge on any atom is 0.236 e. The van der Waals surface area contributed by atoms with Gasteiger partial charge in [0.25, 0.3) is 0 Å². The first kappa shape index (κ1) is 16.9. The van der Waals surface area contributed by atoms with Crippen molar-refractivity contribution in [3.8, 4) is 0 Å². The molecule has 2 atom stereocenters. The van der Waals surface area contributed by atoms with Crippen LogP contribution in [0.1, 0.15) is 45.1 Å². The average molecular weight is 327 g/mol. The Morgan fingerprint density at radius 3 is 2.50 bits per heavy atom. The minimum atomic E-state index is -0.989. The summed E-state index contributed by atoms with van der Waals surface area (Å²) in [6.07, 6.45) is 2.87. The number of piperidine rings is 1. The van der Waals surface area contributed by atoms with Crippen molar-refractivity contribution in [3.63, 3.8) is 0 Å². The summed E-state index contributed by atoms with van der Waals surface area (Å²) in [5.74, 6) is -0.189. The molecule has 1 aliphatic carbocycles. The molecule has 128 valence electrons. The van der Waals surface area contributed by atoms with Crippen LogP contribution in [0.4, 0.5) is 0 Å². The molecule has 1 amide bonds. The zero-order valence-electron chi connectivity index (χ0n) is 14.5. The van der Waals surface area contributed by atoms with E-state index in [9.17, 15) is 14.4 Å². The SMILES string of the molecule is CC1(C)CC(=O)[C@]2(C1)C(=O)N(Cc1ccccc1)CC[C@@H]2CC=O. The van der Waals surface area contributed by atoms with Crippen molar-refractivity contribution in [2.75, 3.05) is 6.54 Å². The van der Waals surface area contributed by atoms with Crippen LogP contribution >= 0.6 is 0 Å². The summed E-state index contributed by atoms with van der Waals surface area (Å²) < 4.78 is 0. The van der Waals surface area contributed by atoms with Crippen LogP contribution in [0.2, 0.25) is 0 Å². The van der Waals surface area contributed by atoms with Gasteiger partial charge in [0.15, 0.2) is 0 Å². The van der Waals surface area contributed by atoms with E-state index in [0.29, 0.717) is 32.4 Å². The van der Waals surface area contributed by atoms with Crippen molar-refractivity contribution >= 4 is 18.0 Å². The number of Topliss-reactive ketones (excluding diaryl/α,β-unsaturated/α-hetero) is 1. The number of benzene rings is 1. The van der Waals surface area contributed by atoms with Crippen LogP contribution < -0.4 is 0 Å². The minimum Gasteiger partial charge on any atom is -0.337 e. The Hall–Kier alpha value is -1.97. The van der Waals surface area contributed by atoms with E-state index in [-0.39, 0.29) is 23.0 Å². The van der Waals surface area contributed by atoms with E-state index in [2.05, 4.69) is 0 Å². The normalized spacial score (nSPS) is 29.2. The fourth-order valence-corrected chi connectivity index (χ4v) is 4.58. The Morgan fingerprint density at radius 1 is 1.21 bits per heavy atom. The van der Waals surface area contributed by atoms with Crippen molar-refractivity contribution in [2.45, 2.75) is 46.1 Å². The van der Waals surface area contributed by atoms with Gasteiger partial charge in [-0.1, -0.05) is 44.2 Å². The highest BCUT2D eigenvalue weighted by Gasteiger charge is 2.61. The number of hydrogen-bond donors (Lipinski definition) is 0. The van der Waals surface area contributed by atoms with Crippen LogP contribution in [0, 0.1) is 16.7 Å². The van der Waals surface area contributed by atoms with Crippen molar-refractivity contribution < 1.29 is 14.4 Å². The molecule has 2 aliphatic rings. The lowest BCUT2D eigenvalue weighted by atomic mass is 9.65. The maximum atomic E-state index is 13.3. The second kappa shape index (κ2) is 6.15. The summed E-state index contributed by atoms with van der Waals surface area (Å²) in [4.78, 5) is 39.2. The van der Waals surface area contributed by atoms with Gasteiger partial charge in [-0.15, -0.1) is 0 Å². The number of amides is 1. The Morgan fingerprint density at radius 2 is 1.92 bits per heavy atom.